The molecule has 2 rings (SSSR count). The third-order valence-electron chi connectivity index (χ3n) is 4.01. The highest BCUT2D eigenvalue weighted by Crippen LogP contribution is 2.25. The van der Waals surface area contributed by atoms with Crippen LogP contribution in [0.4, 0.5) is 0 Å². The van der Waals surface area contributed by atoms with Gasteiger partial charge in [-0.3, -0.25) is 5.32 Å². The van der Waals surface area contributed by atoms with Crippen LogP contribution in [0.15, 0.2) is 48.1 Å². The van der Waals surface area contributed by atoms with Crippen molar-refractivity contribution >= 4 is 0 Å². The molecule has 0 radical (unpaired) electrons. The fourth-order valence-corrected chi connectivity index (χ4v) is 2.53. The molecule has 1 unspecified atom stereocenters. The van der Waals surface area contributed by atoms with Crippen LogP contribution in [0.5, 0.6) is 0 Å². The lowest BCUT2D eigenvalue weighted by molar-refractivity contribution is 0.306. The molecule has 1 aliphatic heterocycles. The fourth-order valence-electron chi connectivity index (χ4n) is 2.53. The molecule has 1 N–H and O–H groups in total. The molecule has 0 aromatic heterocycles. The van der Waals surface area contributed by atoms with E-state index in [4.69, 9.17) is 4.74 Å². The number of ether oxygens (including phenoxy) is 1. The second kappa shape index (κ2) is 9.01. The van der Waals surface area contributed by atoms with Gasteiger partial charge in [0.1, 0.15) is 0 Å². The van der Waals surface area contributed by atoms with Crippen LogP contribution in [0, 0.1) is 0 Å². The van der Waals surface area contributed by atoms with Crippen molar-refractivity contribution in [1.82, 2.24) is 5.32 Å². The van der Waals surface area contributed by atoms with Crippen LogP contribution >= 0.6 is 0 Å². The minimum Gasteiger partial charge on any atom is -0.350 e. The van der Waals surface area contributed by atoms with E-state index >= 15 is 0 Å². The number of hydrogen-bond acceptors (Lipinski definition) is 2. The normalized spacial score (nSPS) is 24.9. The first-order valence-corrected chi connectivity index (χ1v) is 8.42. The monoisotopic (exact) mass is 287 g/mol. The number of epoxide rings is 1. The molecule has 2 nitrogen and oxygen atoms in total. The van der Waals surface area contributed by atoms with Crippen LogP contribution in [0.2, 0.25) is 0 Å². The summed E-state index contributed by atoms with van der Waals surface area (Å²) in [6.07, 6.45) is 23.9. The highest BCUT2D eigenvalue weighted by Gasteiger charge is 2.41. The number of nitrogens with one attached hydrogen (secondary N) is 1. The van der Waals surface area contributed by atoms with Crippen molar-refractivity contribution < 1.29 is 4.74 Å². The zero-order valence-corrected chi connectivity index (χ0v) is 13.3. The molecule has 0 aromatic rings. The van der Waals surface area contributed by atoms with Crippen molar-refractivity contribution in [3.8, 4) is 0 Å². The lowest BCUT2D eigenvalue weighted by Crippen LogP contribution is -2.31. The smallest absolute Gasteiger partial charge is 0.162 e. The summed E-state index contributed by atoms with van der Waals surface area (Å²) in [5, 5.41) is 3.52. The van der Waals surface area contributed by atoms with E-state index in [-0.39, 0.29) is 5.72 Å². The van der Waals surface area contributed by atoms with Gasteiger partial charge < -0.3 is 4.74 Å². The average molecular weight is 287 g/mol. The van der Waals surface area contributed by atoms with Crippen molar-refractivity contribution in [2.75, 3.05) is 13.2 Å². The minimum absolute atomic E-state index is 0.182. The number of allylic oxidation sites excluding steroid dienone is 6. The van der Waals surface area contributed by atoms with Crippen LogP contribution in [-0.2, 0) is 4.74 Å². The highest BCUT2D eigenvalue weighted by molar-refractivity contribution is 5.18. The quantitative estimate of drug-likeness (QED) is 0.359. The SMILES string of the molecule is CCCCC/C=C/C=C/C1(NCCC2=CC=CCC2)CO1. The Morgan fingerprint density at radius 3 is 2.95 bits per heavy atom. The summed E-state index contributed by atoms with van der Waals surface area (Å²) in [6, 6.07) is 0. The summed E-state index contributed by atoms with van der Waals surface area (Å²) in [5.74, 6) is 0. The van der Waals surface area contributed by atoms with Gasteiger partial charge in [0.2, 0.25) is 0 Å². The number of rotatable bonds is 10. The van der Waals surface area contributed by atoms with Gasteiger partial charge in [0.15, 0.2) is 5.72 Å². The van der Waals surface area contributed by atoms with E-state index in [0.29, 0.717) is 0 Å². The molecule has 1 atom stereocenters. The molecule has 1 fully saturated rings. The van der Waals surface area contributed by atoms with Crippen molar-refractivity contribution in [2.24, 2.45) is 0 Å². The molecule has 0 amide bonds. The van der Waals surface area contributed by atoms with E-state index in [9.17, 15) is 0 Å². The van der Waals surface area contributed by atoms with Crippen LogP contribution in [0.25, 0.3) is 0 Å². The first kappa shape index (κ1) is 16.3. The topological polar surface area (TPSA) is 24.6 Å². The van der Waals surface area contributed by atoms with Crippen LogP contribution in [0.3, 0.4) is 0 Å². The summed E-state index contributed by atoms with van der Waals surface area (Å²) >= 11 is 0. The summed E-state index contributed by atoms with van der Waals surface area (Å²) in [5.41, 5.74) is 1.36. The molecule has 0 aromatic carbocycles. The van der Waals surface area contributed by atoms with Gasteiger partial charge in [0, 0.05) is 6.54 Å². The predicted octanol–water partition coefficient (Wildman–Crippen LogP) is 4.66. The Morgan fingerprint density at radius 2 is 2.24 bits per heavy atom. The van der Waals surface area contributed by atoms with Gasteiger partial charge in [0.25, 0.3) is 0 Å². The molecule has 2 heteroatoms. The van der Waals surface area contributed by atoms with Gasteiger partial charge in [-0.05, 0) is 38.2 Å². The van der Waals surface area contributed by atoms with E-state index in [0.717, 1.165) is 19.6 Å². The molecule has 0 spiro atoms. The summed E-state index contributed by atoms with van der Waals surface area (Å²) in [7, 11) is 0. The number of hydrogen-bond donors (Lipinski definition) is 1. The third kappa shape index (κ3) is 6.45. The van der Waals surface area contributed by atoms with Crippen LogP contribution in [-0.4, -0.2) is 18.9 Å². The molecular weight excluding hydrogens is 258 g/mol. The van der Waals surface area contributed by atoms with E-state index in [1.807, 2.05) is 0 Å². The molecule has 1 heterocycles. The second-order valence-corrected chi connectivity index (χ2v) is 5.93. The van der Waals surface area contributed by atoms with E-state index in [1.165, 1.54) is 38.5 Å². The summed E-state index contributed by atoms with van der Waals surface area (Å²) in [6.45, 7) is 4.03. The molecule has 116 valence electrons. The lowest BCUT2D eigenvalue weighted by Gasteiger charge is -2.12. The summed E-state index contributed by atoms with van der Waals surface area (Å²) < 4.78 is 5.57. The van der Waals surface area contributed by atoms with Gasteiger partial charge in [-0.25, -0.2) is 0 Å². The first-order valence-electron chi connectivity index (χ1n) is 8.42. The van der Waals surface area contributed by atoms with E-state index < -0.39 is 0 Å². The van der Waals surface area contributed by atoms with E-state index in [2.05, 4.69) is 54.8 Å². The Balaban J connectivity index is 1.61. The largest absolute Gasteiger partial charge is 0.350 e. The Kier molecular flexibility index (Phi) is 6.98. The molecule has 0 bridgehead atoms. The van der Waals surface area contributed by atoms with E-state index in [1.54, 1.807) is 5.57 Å². The van der Waals surface area contributed by atoms with Gasteiger partial charge >= 0.3 is 0 Å². The lowest BCUT2D eigenvalue weighted by atomic mass is 10.0. The van der Waals surface area contributed by atoms with Crippen LogP contribution in [0.1, 0.15) is 51.9 Å². The number of unbranched alkanes of at least 4 members (excludes halogenated alkanes) is 3. The second-order valence-electron chi connectivity index (χ2n) is 5.93. The van der Waals surface area contributed by atoms with Gasteiger partial charge in [-0.1, -0.05) is 61.8 Å². The van der Waals surface area contributed by atoms with Gasteiger partial charge in [-0.15, -0.1) is 0 Å². The maximum atomic E-state index is 5.57. The Bertz CT molecular complexity index is 413. The predicted molar refractivity (Wildman–Crippen MR) is 90.2 cm³/mol. The molecule has 1 saturated heterocycles. The van der Waals surface area contributed by atoms with Crippen molar-refractivity contribution in [2.45, 2.75) is 57.6 Å². The van der Waals surface area contributed by atoms with Crippen molar-refractivity contribution in [1.29, 1.82) is 0 Å². The van der Waals surface area contributed by atoms with Crippen molar-refractivity contribution in [3.05, 3.63) is 48.1 Å². The third-order valence-corrected chi connectivity index (χ3v) is 4.01. The van der Waals surface area contributed by atoms with Gasteiger partial charge in [0.05, 0.1) is 6.61 Å². The Morgan fingerprint density at radius 1 is 1.33 bits per heavy atom. The minimum atomic E-state index is -0.182. The zero-order chi connectivity index (χ0) is 14.8. The summed E-state index contributed by atoms with van der Waals surface area (Å²) in [4.78, 5) is 0. The Hall–Kier alpha value is -1.12. The highest BCUT2D eigenvalue weighted by atomic mass is 16.6. The Labute approximate surface area is 129 Å². The van der Waals surface area contributed by atoms with Crippen molar-refractivity contribution in [3.63, 3.8) is 0 Å². The molecule has 1 aliphatic carbocycles. The standard InChI is InChI=1S/C19H29NO/c1-2-3-4-5-6-7-11-15-19(17-21-19)20-16-14-18-12-9-8-10-13-18/h6-9,11-12,15,20H,2-5,10,13-14,16-17H2,1H3/b7-6+,15-11+. The fraction of sp³-hybridized carbons (Fsp3) is 0.579. The maximum Gasteiger partial charge on any atom is 0.162 e. The first-order chi connectivity index (χ1) is 10.3. The average Bonchev–Trinajstić information content (AvgIpc) is 3.28. The molecular formula is C19H29NO. The van der Waals surface area contributed by atoms with Gasteiger partial charge in [-0.2, -0.15) is 0 Å². The molecule has 0 saturated carbocycles. The molecule has 2 aliphatic rings. The van der Waals surface area contributed by atoms with Crippen LogP contribution < -0.4 is 5.32 Å². The zero-order valence-electron chi connectivity index (χ0n) is 13.3. The maximum absolute atomic E-state index is 5.57. The molecule has 21 heavy (non-hydrogen) atoms.